The monoisotopic (exact) mass is 312 g/mol. The Morgan fingerprint density at radius 1 is 1.13 bits per heavy atom. The molecule has 3 aromatic rings. The third-order valence-corrected chi connectivity index (χ3v) is 4.08. The zero-order chi connectivity index (χ0) is 16.4. The van der Waals surface area contributed by atoms with Crippen LogP contribution in [-0.2, 0) is 27.1 Å². The minimum Gasteiger partial charge on any atom is -0.361 e. The second-order valence-corrected chi connectivity index (χ2v) is 5.70. The summed E-state index contributed by atoms with van der Waals surface area (Å²) in [6.45, 7) is 1.21. The summed E-state index contributed by atoms with van der Waals surface area (Å²) in [5.74, 6) is 0. The van der Waals surface area contributed by atoms with Gasteiger partial charge in [0.25, 0.3) is 5.56 Å². The van der Waals surface area contributed by atoms with Crippen molar-refractivity contribution in [3.63, 3.8) is 0 Å². The summed E-state index contributed by atoms with van der Waals surface area (Å²) in [6, 6.07) is 8.20. The molecule has 3 rings (SSSR count). The first-order chi connectivity index (χ1) is 11.1. The summed E-state index contributed by atoms with van der Waals surface area (Å²) >= 11 is 0. The van der Waals surface area contributed by atoms with Gasteiger partial charge < -0.3 is 14.9 Å². The molecule has 0 bridgehead atoms. The normalized spacial score (nSPS) is 11.2. The highest BCUT2D eigenvalue weighted by Crippen LogP contribution is 2.17. The molecule has 6 heteroatoms. The minimum atomic E-state index is -0.308. The van der Waals surface area contributed by atoms with Crippen LogP contribution in [0.4, 0.5) is 0 Å². The van der Waals surface area contributed by atoms with E-state index >= 15 is 0 Å². The Hall–Kier alpha value is -2.60. The fourth-order valence-electron chi connectivity index (χ4n) is 2.79. The second-order valence-electron chi connectivity index (χ2n) is 5.70. The standard InChI is InChI=1S/C17H20N4O2/c1-20-11-13(16(22)21(2)17(20)23)9-18-8-7-12-10-19-15-6-4-3-5-14(12)15/h3-6,10-11,18-19H,7-9H2,1-2H3. The van der Waals surface area contributed by atoms with Gasteiger partial charge in [0.1, 0.15) is 0 Å². The van der Waals surface area contributed by atoms with Gasteiger partial charge in [0.15, 0.2) is 0 Å². The number of aromatic nitrogens is 3. The molecular weight excluding hydrogens is 292 g/mol. The van der Waals surface area contributed by atoms with E-state index in [-0.39, 0.29) is 11.2 Å². The van der Waals surface area contributed by atoms with E-state index in [0.29, 0.717) is 12.1 Å². The lowest BCUT2D eigenvalue weighted by Crippen LogP contribution is -2.39. The van der Waals surface area contributed by atoms with Crippen LogP contribution in [0.3, 0.4) is 0 Å². The maximum atomic E-state index is 12.0. The van der Waals surface area contributed by atoms with Gasteiger partial charge in [-0.25, -0.2) is 4.79 Å². The van der Waals surface area contributed by atoms with E-state index in [2.05, 4.69) is 22.4 Å². The van der Waals surface area contributed by atoms with Crippen LogP contribution in [0.2, 0.25) is 0 Å². The molecule has 2 N–H and O–H groups in total. The number of benzene rings is 1. The Bertz CT molecular complexity index is 949. The first-order valence-corrected chi connectivity index (χ1v) is 7.59. The van der Waals surface area contributed by atoms with Crippen LogP contribution in [0.25, 0.3) is 10.9 Å². The summed E-state index contributed by atoms with van der Waals surface area (Å²) in [4.78, 5) is 27.0. The van der Waals surface area contributed by atoms with Crippen LogP contribution in [-0.4, -0.2) is 20.7 Å². The number of aromatic amines is 1. The van der Waals surface area contributed by atoms with Gasteiger partial charge in [0.05, 0.1) is 0 Å². The highest BCUT2D eigenvalue weighted by molar-refractivity contribution is 5.83. The quantitative estimate of drug-likeness (QED) is 0.688. The van der Waals surface area contributed by atoms with Crippen molar-refractivity contribution in [3.8, 4) is 0 Å². The lowest BCUT2D eigenvalue weighted by molar-refractivity contribution is 0.630. The smallest absolute Gasteiger partial charge is 0.330 e. The van der Waals surface area contributed by atoms with E-state index in [1.165, 1.54) is 22.6 Å². The molecule has 2 heterocycles. The summed E-state index contributed by atoms with van der Waals surface area (Å²) in [7, 11) is 3.15. The number of nitrogens with one attached hydrogen (secondary N) is 2. The van der Waals surface area contributed by atoms with Crippen LogP contribution < -0.4 is 16.6 Å². The molecule has 120 valence electrons. The number of hydrogen-bond acceptors (Lipinski definition) is 3. The highest BCUT2D eigenvalue weighted by atomic mass is 16.2. The molecule has 1 aromatic carbocycles. The number of hydrogen-bond donors (Lipinski definition) is 2. The van der Waals surface area contributed by atoms with E-state index in [9.17, 15) is 9.59 Å². The lowest BCUT2D eigenvalue weighted by atomic mass is 10.1. The maximum absolute atomic E-state index is 12.0. The van der Waals surface area contributed by atoms with Crippen molar-refractivity contribution in [1.82, 2.24) is 19.4 Å². The van der Waals surface area contributed by atoms with Crippen LogP contribution in [0.1, 0.15) is 11.1 Å². The summed E-state index contributed by atoms with van der Waals surface area (Å²) < 4.78 is 2.56. The first kappa shape index (κ1) is 15.3. The van der Waals surface area contributed by atoms with Crippen molar-refractivity contribution in [2.45, 2.75) is 13.0 Å². The number of para-hydroxylation sites is 1. The largest absolute Gasteiger partial charge is 0.361 e. The predicted octanol–water partition coefficient (Wildman–Crippen LogP) is 0.898. The van der Waals surface area contributed by atoms with Crippen molar-refractivity contribution in [3.05, 3.63) is 68.6 Å². The number of fused-ring (bicyclic) bond motifs is 1. The lowest BCUT2D eigenvalue weighted by Gasteiger charge is -2.08. The van der Waals surface area contributed by atoms with Crippen LogP contribution in [0, 0.1) is 0 Å². The molecule has 0 saturated carbocycles. The third kappa shape index (κ3) is 2.98. The Kier molecular flexibility index (Phi) is 4.16. The molecule has 0 fully saturated rings. The Labute approximate surface area is 133 Å². The molecule has 0 unspecified atom stereocenters. The van der Waals surface area contributed by atoms with E-state index in [0.717, 1.165) is 23.0 Å². The Morgan fingerprint density at radius 2 is 1.91 bits per heavy atom. The topological polar surface area (TPSA) is 71.8 Å². The average molecular weight is 312 g/mol. The third-order valence-electron chi connectivity index (χ3n) is 4.08. The zero-order valence-corrected chi connectivity index (χ0v) is 13.3. The predicted molar refractivity (Wildman–Crippen MR) is 90.6 cm³/mol. The van der Waals surface area contributed by atoms with Crippen molar-refractivity contribution in [1.29, 1.82) is 0 Å². The summed E-state index contributed by atoms with van der Waals surface area (Å²) in [5, 5.41) is 4.51. The Balaban J connectivity index is 1.65. The molecular formula is C17H20N4O2. The molecule has 0 aliphatic heterocycles. The fourth-order valence-corrected chi connectivity index (χ4v) is 2.79. The van der Waals surface area contributed by atoms with Crippen LogP contribution in [0.15, 0.2) is 46.2 Å². The SMILES string of the molecule is Cn1cc(CNCCc2c[nH]c3ccccc23)c(=O)n(C)c1=O. The minimum absolute atomic E-state index is 0.243. The molecule has 0 aliphatic rings. The van der Waals surface area contributed by atoms with Gasteiger partial charge in [-0.3, -0.25) is 9.36 Å². The molecule has 0 amide bonds. The molecule has 0 atom stereocenters. The maximum Gasteiger partial charge on any atom is 0.330 e. The van der Waals surface area contributed by atoms with Crippen molar-refractivity contribution in [2.75, 3.05) is 6.54 Å². The summed E-state index contributed by atoms with van der Waals surface area (Å²) in [6.07, 6.45) is 4.50. The number of nitrogens with zero attached hydrogens (tertiary/aromatic N) is 2. The van der Waals surface area contributed by atoms with Gasteiger partial charge in [0, 0.05) is 49.5 Å². The van der Waals surface area contributed by atoms with Gasteiger partial charge >= 0.3 is 5.69 Å². The molecule has 0 spiro atoms. The van der Waals surface area contributed by atoms with Gasteiger partial charge in [-0.05, 0) is 24.6 Å². The molecule has 0 saturated heterocycles. The van der Waals surface area contributed by atoms with E-state index < -0.39 is 0 Å². The number of rotatable bonds is 5. The van der Waals surface area contributed by atoms with Crippen LogP contribution in [0.5, 0.6) is 0 Å². The zero-order valence-electron chi connectivity index (χ0n) is 13.3. The van der Waals surface area contributed by atoms with Gasteiger partial charge in [-0.2, -0.15) is 0 Å². The van der Waals surface area contributed by atoms with Crippen molar-refractivity contribution < 1.29 is 0 Å². The second kappa shape index (κ2) is 6.26. The molecule has 23 heavy (non-hydrogen) atoms. The molecule has 6 nitrogen and oxygen atoms in total. The van der Waals surface area contributed by atoms with Gasteiger partial charge in [0.2, 0.25) is 0 Å². The van der Waals surface area contributed by atoms with Gasteiger partial charge in [-0.15, -0.1) is 0 Å². The Morgan fingerprint density at radius 3 is 2.74 bits per heavy atom. The van der Waals surface area contributed by atoms with Crippen molar-refractivity contribution in [2.24, 2.45) is 14.1 Å². The molecule has 0 radical (unpaired) electrons. The number of H-pyrrole nitrogens is 1. The van der Waals surface area contributed by atoms with Crippen LogP contribution >= 0.6 is 0 Å². The molecule has 2 aromatic heterocycles. The van der Waals surface area contributed by atoms with E-state index in [4.69, 9.17) is 0 Å². The first-order valence-electron chi connectivity index (χ1n) is 7.59. The average Bonchev–Trinajstić information content (AvgIpc) is 2.97. The van der Waals surface area contributed by atoms with Gasteiger partial charge in [-0.1, -0.05) is 18.2 Å². The number of aryl methyl sites for hydroxylation is 1. The highest BCUT2D eigenvalue weighted by Gasteiger charge is 2.07. The fraction of sp³-hybridized carbons (Fsp3) is 0.294. The summed E-state index contributed by atoms with van der Waals surface area (Å²) in [5.41, 5.74) is 2.43. The van der Waals surface area contributed by atoms with Crippen molar-refractivity contribution >= 4 is 10.9 Å². The van der Waals surface area contributed by atoms with E-state index in [1.54, 1.807) is 13.2 Å². The molecule has 0 aliphatic carbocycles. The van der Waals surface area contributed by atoms with E-state index in [1.807, 2.05) is 18.3 Å².